The van der Waals surface area contributed by atoms with Crippen molar-refractivity contribution in [1.29, 1.82) is 0 Å². The van der Waals surface area contributed by atoms with E-state index in [9.17, 15) is 14.7 Å². The van der Waals surface area contributed by atoms with Gasteiger partial charge in [0, 0.05) is 37.2 Å². The maximum absolute atomic E-state index is 12.6. The fourth-order valence-corrected chi connectivity index (χ4v) is 4.12. The lowest BCUT2D eigenvalue weighted by Crippen LogP contribution is -2.55. The van der Waals surface area contributed by atoms with Gasteiger partial charge in [0.05, 0.1) is 5.41 Å². The number of amides is 2. The third-order valence-electron chi connectivity index (χ3n) is 4.49. The number of carbonyl (C=O) groups is 2. The molecule has 114 valence electrons. The van der Waals surface area contributed by atoms with Gasteiger partial charge in [0.2, 0.25) is 0 Å². The molecule has 0 aromatic carbocycles. The van der Waals surface area contributed by atoms with Crippen LogP contribution in [-0.2, 0) is 4.79 Å². The second-order valence-corrected chi connectivity index (χ2v) is 7.42. The van der Waals surface area contributed by atoms with Crippen molar-refractivity contribution < 1.29 is 14.7 Å². The van der Waals surface area contributed by atoms with Crippen LogP contribution >= 0.6 is 11.8 Å². The number of likely N-dealkylation sites (tertiary alicyclic amines) is 1. The smallest absolute Gasteiger partial charge is 0.320 e. The van der Waals surface area contributed by atoms with Crippen LogP contribution in [0.25, 0.3) is 0 Å². The molecule has 20 heavy (non-hydrogen) atoms. The molecule has 2 fully saturated rings. The second kappa shape index (κ2) is 6.24. The van der Waals surface area contributed by atoms with Gasteiger partial charge >= 0.3 is 12.0 Å². The number of hydrogen-bond acceptors (Lipinski definition) is 3. The number of nitrogens with zero attached hydrogens (tertiary/aromatic N) is 2. The highest BCUT2D eigenvalue weighted by Gasteiger charge is 2.43. The first-order valence-corrected chi connectivity index (χ1v) is 8.42. The average Bonchev–Trinajstić information content (AvgIpc) is 2.46. The SMILES string of the molecule is CCC1(C(=O)O)CCCN(C(=O)N2CCSC(C)C2)C1. The van der Waals surface area contributed by atoms with E-state index in [2.05, 4.69) is 6.92 Å². The summed E-state index contributed by atoms with van der Waals surface area (Å²) >= 11 is 1.89. The van der Waals surface area contributed by atoms with Crippen LogP contribution in [0.5, 0.6) is 0 Å². The van der Waals surface area contributed by atoms with E-state index < -0.39 is 11.4 Å². The summed E-state index contributed by atoms with van der Waals surface area (Å²) in [5.41, 5.74) is -0.746. The van der Waals surface area contributed by atoms with Crippen molar-refractivity contribution in [1.82, 2.24) is 9.80 Å². The van der Waals surface area contributed by atoms with Crippen molar-refractivity contribution in [2.24, 2.45) is 5.41 Å². The van der Waals surface area contributed by atoms with Gasteiger partial charge in [-0.3, -0.25) is 4.79 Å². The van der Waals surface area contributed by atoms with Crippen LogP contribution in [0.2, 0.25) is 0 Å². The number of urea groups is 1. The molecule has 0 radical (unpaired) electrons. The van der Waals surface area contributed by atoms with E-state index in [1.54, 1.807) is 4.90 Å². The number of thioether (sulfide) groups is 1. The molecule has 0 spiro atoms. The van der Waals surface area contributed by atoms with Gasteiger partial charge in [0.25, 0.3) is 0 Å². The quantitative estimate of drug-likeness (QED) is 0.848. The summed E-state index contributed by atoms with van der Waals surface area (Å²) in [5.74, 6) is 0.207. The predicted octanol–water partition coefficient (Wildman–Crippen LogP) is 2.12. The molecule has 6 heteroatoms. The Bertz CT molecular complexity index is 391. The highest BCUT2D eigenvalue weighted by molar-refractivity contribution is 7.99. The van der Waals surface area contributed by atoms with Crippen molar-refractivity contribution in [3.05, 3.63) is 0 Å². The second-order valence-electron chi connectivity index (χ2n) is 5.87. The van der Waals surface area contributed by atoms with E-state index in [0.29, 0.717) is 31.2 Å². The van der Waals surface area contributed by atoms with E-state index in [4.69, 9.17) is 0 Å². The zero-order valence-corrected chi connectivity index (χ0v) is 13.1. The Balaban J connectivity index is 2.04. The lowest BCUT2D eigenvalue weighted by atomic mass is 9.78. The first kappa shape index (κ1) is 15.5. The lowest BCUT2D eigenvalue weighted by molar-refractivity contribution is -0.152. The monoisotopic (exact) mass is 300 g/mol. The number of carboxylic acid groups (broad SMARTS) is 1. The molecule has 2 amide bonds. The van der Waals surface area contributed by atoms with E-state index in [1.807, 2.05) is 23.6 Å². The van der Waals surface area contributed by atoms with Crippen molar-refractivity contribution in [3.8, 4) is 0 Å². The van der Waals surface area contributed by atoms with Crippen LogP contribution in [0, 0.1) is 5.41 Å². The molecular weight excluding hydrogens is 276 g/mol. The summed E-state index contributed by atoms with van der Waals surface area (Å²) in [6, 6.07) is 0.0240. The zero-order chi connectivity index (χ0) is 14.8. The van der Waals surface area contributed by atoms with Crippen molar-refractivity contribution in [2.45, 2.75) is 38.4 Å². The van der Waals surface area contributed by atoms with E-state index in [-0.39, 0.29) is 6.03 Å². The zero-order valence-electron chi connectivity index (χ0n) is 12.3. The predicted molar refractivity (Wildman–Crippen MR) is 80.1 cm³/mol. The molecule has 1 N–H and O–H groups in total. The maximum Gasteiger partial charge on any atom is 0.320 e. The molecule has 2 atom stereocenters. The molecule has 0 aromatic rings. The largest absolute Gasteiger partial charge is 0.481 e. The Kier molecular flexibility index (Phi) is 4.83. The van der Waals surface area contributed by atoms with E-state index in [0.717, 1.165) is 25.3 Å². The van der Waals surface area contributed by atoms with Crippen LogP contribution in [0.15, 0.2) is 0 Å². The van der Waals surface area contributed by atoms with Gasteiger partial charge in [-0.2, -0.15) is 11.8 Å². The Morgan fingerprint density at radius 3 is 2.70 bits per heavy atom. The van der Waals surface area contributed by atoms with E-state index >= 15 is 0 Å². The highest BCUT2D eigenvalue weighted by atomic mass is 32.2. The van der Waals surface area contributed by atoms with Gasteiger partial charge in [0.1, 0.15) is 0 Å². The summed E-state index contributed by atoms with van der Waals surface area (Å²) in [7, 11) is 0. The number of hydrogen-bond donors (Lipinski definition) is 1. The first-order chi connectivity index (χ1) is 9.48. The topological polar surface area (TPSA) is 60.9 Å². The van der Waals surface area contributed by atoms with Crippen LogP contribution < -0.4 is 0 Å². The molecule has 0 saturated carbocycles. The summed E-state index contributed by atoms with van der Waals surface area (Å²) < 4.78 is 0. The molecule has 0 aliphatic carbocycles. The maximum atomic E-state index is 12.6. The molecule has 2 saturated heterocycles. The number of piperidine rings is 1. The van der Waals surface area contributed by atoms with Crippen molar-refractivity contribution in [3.63, 3.8) is 0 Å². The molecule has 0 bridgehead atoms. The number of rotatable bonds is 2. The molecular formula is C14H24N2O3S. The minimum Gasteiger partial charge on any atom is -0.481 e. The summed E-state index contributed by atoms with van der Waals surface area (Å²) in [5, 5.41) is 9.95. The standard InChI is InChI=1S/C14H24N2O3S/c1-3-14(12(17)18)5-4-6-16(10-14)13(19)15-7-8-20-11(2)9-15/h11H,3-10H2,1-2H3,(H,17,18). The van der Waals surface area contributed by atoms with Gasteiger partial charge < -0.3 is 14.9 Å². The normalized spacial score (nSPS) is 31.2. The third kappa shape index (κ3) is 3.05. The Morgan fingerprint density at radius 1 is 1.35 bits per heavy atom. The summed E-state index contributed by atoms with van der Waals surface area (Å²) in [6.45, 7) is 6.62. The Morgan fingerprint density at radius 2 is 2.10 bits per heavy atom. The van der Waals surface area contributed by atoms with Gasteiger partial charge in [0.15, 0.2) is 0 Å². The number of carboxylic acids is 1. The van der Waals surface area contributed by atoms with Crippen molar-refractivity contribution in [2.75, 3.05) is 31.9 Å². The molecule has 2 heterocycles. The fraction of sp³-hybridized carbons (Fsp3) is 0.857. The summed E-state index contributed by atoms with van der Waals surface area (Å²) in [6.07, 6.45) is 2.04. The summed E-state index contributed by atoms with van der Waals surface area (Å²) in [4.78, 5) is 27.8. The van der Waals surface area contributed by atoms with Crippen LogP contribution in [0.4, 0.5) is 4.79 Å². The minimum atomic E-state index is -0.764. The first-order valence-electron chi connectivity index (χ1n) is 7.37. The molecule has 2 aliphatic heterocycles. The lowest BCUT2D eigenvalue weighted by Gasteiger charge is -2.42. The highest BCUT2D eigenvalue weighted by Crippen LogP contribution is 2.34. The molecule has 5 nitrogen and oxygen atoms in total. The minimum absolute atomic E-state index is 0.0240. The van der Waals surface area contributed by atoms with Crippen LogP contribution in [-0.4, -0.2) is 64.1 Å². The van der Waals surface area contributed by atoms with Gasteiger partial charge in [-0.25, -0.2) is 4.79 Å². The Hall–Kier alpha value is -0.910. The molecule has 0 aromatic heterocycles. The number of aliphatic carboxylic acids is 1. The molecule has 2 aliphatic rings. The number of carbonyl (C=O) groups excluding carboxylic acids is 1. The molecule has 2 rings (SSSR count). The van der Waals surface area contributed by atoms with Crippen molar-refractivity contribution >= 4 is 23.8 Å². The van der Waals surface area contributed by atoms with Crippen LogP contribution in [0.3, 0.4) is 0 Å². The van der Waals surface area contributed by atoms with Crippen LogP contribution in [0.1, 0.15) is 33.1 Å². The third-order valence-corrected chi connectivity index (χ3v) is 5.63. The average molecular weight is 300 g/mol. The van der Waals surface area contributed by atoms with Gasteiger partial charge in [-0.05, 0) is 19.3 Å². The van der Waals surface area contributed by atoms with E-state index in [1.165, 1.54) is 0 Å². The molecule has 2 unspecified atom stereocenters. The van der Waals surface area contributed by atoms with Gasteiger partial charge in [-0.1, -0.05) is 13.8 Å². The fourth-order valence-electron chi connectivity index (χ4n) is 3.10. The van der Waals surface area contributed by atoms with Gasteiger partial charge in [-0.15, -0.1) is 0 Å². The Labute approximate surface area is 124 Å².